The minimum atomic E-state index is -0.209. The number of fused-ring (bicyclic) bond motifs is 1. The van der Waals surface area contributed by atoms with Gasteiger partial charge in [-0.25, -0.2) is 4.68 Å². The molecule has 7 nitrogen and oxygen atoms in total. The highest BCUT2D eigenvalue weighted by Crippen LogP contribution is 2.31. The fraction of sp³-hybridized carbons (Fsp3) is 0.261. The average Bonchev–Trinajstić information content (AvgIpc) is 3.09. The minimum absolute atomic E-state index is 0.0901. The lowest BCUT2D eigenvalue weighted by atomic mass is 10.2. The van der Waals surface area contributed by atoms with Crippen LogP contribution in [0.3, 0.4) is 0 Å². The first-order chi connectivity index (χ1) is 14.5. The lowest BCUT2D eigenvalue weighted by molar-refractivity contribution is -0.122. The van der Waals surface area contributed by atoms with Crippen molar-refractivity contribution < 1.29 is 14.3 Å². The number of rotatable bonds is 5. The number of para-hydroxylation sites is 4. The number of anilines is 2. The number of carbonyl (C=O) groups excluding carboxylic acids is 2. The van der Waals surface area contributed by atoms with Crippen molar-refractivity contribution in [1.82, 2.24) is 9.78 Å². The molecule has 0 spiro atoms. The molecule has 154 valence electrons. The second-order valence-corrected chi connectivity index (χ2v) is 7.27. The van der Waals surface area contributed by atoms with Gasteiger partial charge >= 0.3 is 0 Å². The van der Waals surface area contributed by atoms with Crippen molar-refractivity contribution in [3.05, 3.63) is 66.0 Å². The topological polar surface area (TPSA) is 76.5 Å². The van der Waals surface area contributed by atoms with E-state index < -0.39 is 0 Å². The smallest absolute Gasteiger partial charge is 0.227 e. The van der Waals surface area contributed by atoms with Crippen LogP contribution in [0.15, 0.2) is 54.6 Å². The van der Waals surface area contributed by atoms with E-state index in [4.69, 9.17) is 4.74 Å². The van der Waals surface area contributed by atoms with Gasteiger partial charge in [-0.1, -0.05) is 24.3 Å². The SMILES string of the molecule is Cc1cc(C)n(-c2ccccc2NC(=O)CCC(=O)N2CCOc3ccccc32)n1. The number of nitrogens with one attached hydrogen (secondary N) is 1. The van der Waals surface area contributed by atoms with Crippen LogP contribution in [0.4, 0.5) is 11.4 Å². The molecule has 1 aliphatic heterocycles. The first-order valence-electron chi connectivity index (χ1n) is 9.97. The first-order valence-corrected chi connectivity index (χ1v) is 9.97. The average molecular weight is 404 g/mol. The zero-order valence-corrected chi connectivity index (χ0v) is 17.1. The van der Waals surface area contributed by atoms with Gasteiger partial charge in [-0.15, -0.1) is 0 Å². The van der Waals surface area contributed by atoms with Crippen LogP contribution in [-0.4, -0.2) is 34.7 Å². The van der Waals surface area contributed by atoms with E-state index in [0.29, 0.717) is 24.6 Å². The monoisotopic (exact) mass is 404 g/mol. The summed E-state index contributed by atoms with van der Waals surface area (Å²) < 4.78 is 7.40. The van der Waals surface area contributed by atoms with Gasteiger partial charge in [-0.2, -0.15) is 5.10 Å². The highest BCUT2D eigenvalue weighted by atomic mass is 16.5. The van der Waals surface area contributed by atoms with Crippen molar-refractivity contribution >= 4 is 23.2 Å². The Bertz CT molecular complexity index is 1090. The second-order valence-electron chi connectivity index (χ2n) is 7.27. The molecule has 1 N–H and O–H groups in total. The molecular weight excluding hydrogens is 380 g/mol. The molecule has 2 aromatic carbocycles. The van der Waals surface area contributed by atoms with Crippen LogP contribution >= 0.6 is 0 Å². The fourth-order valence-electron chi connectivity index (χ4n) is 3.63. The summed E-state index contributed by atoms with van der Waals surface area (Å²) in [6.45, 7) is 4.83. The van der Waals surface area contributed by atoms with Gasteiger partial charge in [-0.3, -0.25) is 9.59 Å². The summed E-state index contributed by atoms with van der Waals surface area (Å²) in [6, 6.07) is 16.9. The van der Waals surface area contributed by atoms with E-state index in [1.54, 1.807) is 9.58 Å². The van der Waals surface area contributed by atoms with Crippen molar-refractivity contribution in [3.8, 4) is 11.4 Å². The van der Waals surface area contributed by atoms with Gasteiger partial charge in [0.25, 0.3) is 0 Å². The number of amides is 2. The van der Waals surface area contributed by atoms with Crippen LogP contribution < -0.4 is 15.0 Å². The van der Waals surface area contributed by atoms with Gasteiger partial charge in [0.15, 0.2) is 0 Å². The summed E-state index contributed by atoms with van der Waals surface area (Å²) in [7, 11) is 0. The summed E-state index contributed by atoms with van der Waals surface area (Å²) in [5.74, 6) is 0.395. The third-order valence-corrected chi connectivity index (χ3v) is 5.01. The van der Waals surface area contributed by atoms with E-state index in [-0.39, 0.29) is 24.7 Å². The van der Waals surface area contributed by atoms with Crippen molar-refractivity contribution in [3.63, 3.8) is 0 Å². The molecule has 0 unspecified atom stereocenters. The number of ether oxygens (including phenoxy) is 1. The lowest BCUT2D eigenvalue weighted by Crippen LogP contribution is -2.38. The van der Waals surface area contributed by atoms with Crippen LogP contribution in [0.1, 0.15) is 24.2 Å². The normalized spacial score (nSPS) is 12.8. The number of carbonyl (C=O) groups is 2. The Hall–Kier alpha value is -3.61. The quantitative estimate of drug-likeness (QED) is 0.705. The predicted octanol–water partition coefficient (Wildman–Crippen LogP) is 3.63. The summed E-state index contributed by atoms with van der Waals surface area (Å²) in [5.41, 5.74) is 4.10. The van der Waals surface area contributed by atoms with Crippen LogP contribution in [0.5, 0.6) is 5.75 Å². The largest absolute Gasteiger partial charge is 0.490 e. The van der Waals surface area contributed by atoms with Gasteiger partial charge in [0, 0.05) is 18.5 Å². The standard InChI is InChI=1S/C23H24N4O3/c1-16-15-17(2)27(25-16)19-8-4-3-7-18(19)24-22(28)11-12-23(29)26-13-14-30-21-10-6-5-9-20(21)26/h3-10,15H,11-14H2,1-2H3,(H,24,28). The summed E-state index contributed by atoms with van der Waals surface area (Å²) in [5, 5.41) is 7.43. The molecule has 2 amide bonds. The molecule has 0 atom stereocenters. The number of nitrogens with zero attached hydrogens (tertiary/aromatic N) is 3. The maximum atomic E-state index is 12.7. The van der Waals surface area contributed by atoms with Crippen LogP contribution in [0.2, 0.25) is 0 Å². The summed E-state index contributed by atoms with van der Waals surface area (Å²) in [6.07, 6.45) is 0.228. The first kappa shape index (κ1) is 19.7. The molecule has 4 rings (SSSR count). The van der Waals surface area contributed by atoms with E-state index >= 15 is 0 Å². The van der Waals surface area contributed by atoms with E-state index in [0.717, 1.165) is 22.8 Å². The Morgan fingerprint density at radius 2 is 1.77 bits per heavy atom. The maximum Gasteiger partial charge on any atom is 0.227 e. The molecule has 3 aromatic rings. The van der Waals surface area contributed by atoms with Gasteiger partial charge in [-0.05, 0) is 44.2 Å². The number of hydrogen-bond acceptors (Lipinski definition) is 4. The summed E-state index contributed by atoms with van der Waals surface area (Å²) >= 11 is 0. The van der Waals surface area contributed by atoms with Crippen molar-refractivity contribution in [2.75, 3.05) is 23.4 Å². The molecule has 30 heavy (non-hydrogen) atoms. The van der Waals surface area contributed by atoms with E-state index in [9.17, 15) is 9.59 Å². The Kier molecular flexibility index (Phi) is 5.52. The highest BCUT2D eigenvalue weighted by Gasteiger charge is 2.23. The van der Waals surface area contributed by atoms with Crippen LogP contribution in [0, 0.1) is 13.8 Å². The van der Waals surface area contributed by atoms with Crippen LogP contribution in [-0.2, 0) is 9.59 Å². The molecule has 1 aromatic heterocycles. The van der Waals surface area contributed by atoms with Gasteiger partial charge in [0.2, 0.25) is 11.8 Å². The second kappa shape index (κ2) is 8.41. The molecule has 0 radical (unpaired) electrons. The number of aromatic nitrogens is 2. The zero-order chi connectivity index (χ0) is 21.1. The van der Waals surface area contributed by atoms with Gasteiger partial charge in [0.05, 0.1) is 29.3 Å². The number of aryl methyl sites for hydroxylation is 2. The van der Waals surface area contributed by atoms with E-state index in [1.165, 1.54) is 0 Å². The molecule has 2 heterocycles. The Labute approximate surface area is 175 Å². The third-order valence-electron chi connectivity index (χ3n) is 5.01. The molecule has 0 bridgehead atoms. The lowest BCUT2D eigenvalue weighted by Gasteiger charge is -2.29. The van der Waals surface area contributed by atoms with Crippen LogP contribution in [0.25, 0.3) is 5.69 Å². The van der Waals surface area contributed by atoms with Crippen molar-refractivity contribution in [2.45, 2.75) is 26.7 Å². The van der Waals surface area contributed by atoms with Gasteiger partial charge < -0.3 is 15.0 Å². The molecule has 0 aliphatic carbocycles. The number of benzene rings is 2. The maximum absolute atomic E-state index is 12.7. The molecule has 0 fully saturated rings. The Morgan fingerprint density at radius 3 is 2.53 bits per heavy atom. The Balaban J connectivity index is 1.42. The minimum Gasteiger partial charge on any atom is -0.490 e. The predicted molar refractivity (Wildman–Crippen MR) is 115 cm³/mol. The van der Waals surface area contributed by atoms with E-state index in [1.807, 2.05) is 68.4 Å². The summed E-state index contributed by atoms with van der Waals surface area (Å²) in [4.78, 5) is 27.0. The molecule has 0 saturated heterocycles. The number of hydrogen-bond donors (Lipinski definition) is 1. The third kappa shape index (κ3) is 4.05. The molecule has 7 heteroatoms. The molecule has 1 aliphatic rings. The molecular formula is C23H24N4O3. The van der Waals surface area contributed by atoms with Crippen molar-refractivity contribution in [2.24, 2.45) is 0 Å². The van der Waals surface area contributed by atoms with Crippen molar-refractivity contribution in [1.29, 1.82) is 0 Å². The molecule has 0 saturated carbocycles. The fourth-order valence-corrected chi connectivity index (χ4v) is 3.63. The van der Waals surface area contributed by atoms with E-state index in [2.05, 4.69) is 10.4 Å². The van der Waals surface area contributed by atoms with Gasteiger partial charge in [0.1, 0.15) is 12.4 Å². The zero-order valence-electron chi connectivity index (χ0n) is 17.1. The Morgan fingerprint density at radius 1 is 1.03 bits per heavy atom. The highest BCUT2D eigenvalue weighted by molar-refractivity contribution is 5.99.